The summed E-state index contributed by atoms with van der Waals surface area (Å²) in [6.45, 7) is 3.61. The third kappa shape index (κ3) is 2.04. The Balaban J connectivity index is 1.72. The van der Waals surface area contributed by atoms with Gasteiger partial charge in [0.2, 0.25) is 0 Å². The van der Waals surface area contributed by atoms with Gasteiger partial charge in [-0.05, 0) is 72.5 Å². The van der Waals surface area contributed by atoms with Crippen LogP contribution in [0.5, 0.6) is 0 Å². The van der Waals surface area contributed by atoms with Crippen molar-refractivity contribution in [2.24, 2.45) is 11.8 Å². The molecule has 0 radical (unpaired) electrons. The zero-order valence-electron chi connectivity index (χ0n) is 12.9. The Morgan fingerprint density at radius 2 is 2.09 bits per heavy atom. The number of aryl methyl sites for hydroxylation is 1. The maximum Gasteiger partial charge on any atom is 0.273 e. The summed E-state index contributed by atoms with van der Waals surface area (Å²) >= 11 is 3.53. The molecule has 1 unspecified atom stereocenters. The SMILES string of the molecule is O=c1ncc(Br)c2[nH]nc3c2c1[C@H](C1CN2CCC1CC2)CC3. The fourth-order valence-electron chi connectivity index (χ4n) is 5.05. The van der Waals surface area contributed by atoms with E-state index in [0.717, 1.165) is 51.9 Å². The van der Waals surface area contributed by atoms with Gasteiger partial charge in [0.15, 0.2) is 0 Å². The summed E-state index contributed by atoms with van der Waals surface area (Å²) in [5.41, 5.74) is 2.81. The number of hydrogen-bond donors (Lipinski definition) is 1. The fraction of sp³-hybridized carbons (Fsp3) is 0.588. The topological polar surface area (TPSA) is 61.9 Å². The van der Waals surface area contributed by atoms with Crippen LogP contribution in [0.1, 0.15) is 36.4 Å². The lowest BCUT2D eigenvalue weighted by atomic mass is 9.67. The molecule has 0 spiro atoms. The monoisotopic (exact) mass is 374 g/mol. The Bertz CT molecular complexity index is 840. The molecule has 0 saturated carbocycles. The zero-order chi connectivity index (χ0) is 15.6. The van der Waals surface area contributed by atoms with Crippen molar-refractivity contribution in [1.29, 1.82) is 0 Å². The van der Waals surface area contributed by atoms with Gasteiger partial charge in [0.1, 0.15) is 0 Å². The molecule has 3 aliphatic heterocycles. The summed E-state index contributed by atoms with van der Waals surface area (Å²) in [4.78, 5) is 19.5. The first-order chi connectivity index (χ1) is 11.2. The van der Waals surface area contributed by atoms with Gasteiger partial charge in [-0.15, -0.1) is 0 Å². The molecule has 2 aromatic rings. The van der Waals surface area contributed by atoms with Crippen LogP contribution in [-0.2, 0) is 6.42 Å². The van der Waals surface area contributed by atoms with Crippen LogP contribution < -0.4 is 5.56 Å². The third-order valence-corrected chi connectivity index (χ3v) is 6.76. The second-order valence-electron chi connectivity index (χ2n) is 7.19. The van der Waals surface area contributed by atoms with Gasteiger partial charge in [0.05, 0.1) is 15.7 Å². The van der Waals surface area contributed by atoms with Crippen LogP contribution in [0.2, 0.25) is 0 Å². The summed E-state index contributed by atoms with van der Waals surface area (Å²) in [7, 11) is 0. The van der Waals surface area contributed by atoms with E-state index in [4.69, 9.17) is 0 Å². The number of H-pyrrole nitrogens is 1. The molecule has 2 bridgehead atoms. The molecule has 5 nitrogen and oxygen atoms in total. The molecule has 0 amide bonds. The van der Waals surface area contributed by atoms with E-state index in [2.05, 4.69) is 36.0 Å². The van der Waals surface area contributed by atoms with Crippen LogP contribution in [0.25, 0.3) is 10.9 Å². The number of aromatic amines is 1. The van der Waals surface area contributed by atoms with Gasteiger partial charge in [-0.2, -0.15) is 5.10 Å². The van der Waals surface area contributed by atoms with Crippen molar-refractivity contribution in [3.8, 4) is 0 Å². The minimum atomic E-state index is -0.0653. The normalized spacial score (nSPS) is 32.4. The minimum Gasteiger partial charge on any atom is -0.303 e. The van der Waals surface area contributed by atoms with E-state index in [1.54, 1.807) is 6.20 Å². The smallest absolute Gasteiger partial charge is 0.273 e. The first-order valence-electron chi connectivity index (χ1n) is 8.50. The molecule has 3 fully saturated rings. The van der Waals surface area contributed by atoms with Crippen molar-refractivity contribution in [2.75, 3.05) is 19.6 Å². The Kier molecular flexibility index (Phi) is 3.14. The van der Waals surface area contributed by atoms with Crippen LogP contribution in [-0.4, -0.2) is 39.7 Å². The first kappa shape index (κ1) is 14.1. The molecule has 1 N–H and O–H groups in total. The molecule has 4 aliphatic rings. The molecule has 2 atom stereocenters. The number of nitrogens with zero attached hydrogens (tertiary/aromatic N) is 3. The largest absolute Gasteiger partial charge is 0.303 e. The summed E-state index contributed by atoms with van der Waals surface area (Å²) in [5.74, 6) is 1.69. The van der Waals surface area contributed by atoms with E-state index >= 15 is 0 Å². The van der Waals surface area contributed by atoms with E-state index in [9.17, 15) is 4.79 Å². The van der Waals surface area contributed by atoms with Crippen LogP contribution in [0, 0.1) is 11.8 Å². The lowest BCUT2D eigenvalue weighted by Gasteiger charge is -2.48. The summed E-state index contributed by atoms with van der Waals surface area (Å²) in [6.07, 6.45) is 6.17. The van der Waals surface area contributed by atoms with E-state index in [1.165, 1.54) is 25.9 Å². The molecule has 3 saturated heterocycles. The first-order valence-corrected chi connectivity index (χ1v) is 9.29. The number of piperidine rings is 3. The Hall–Kier alpha value is -1.27. The molecular weight excluding hydrogens is 356 g/mol. The van der Waals surface area contributed by atoms with Crippen LogP contribution in [0.4, 0.5) is 0 Å². The van der Waals surface area contributed by atoms with Crippen LogP contribution in [0.15, 0.2) is 15.5 Å². The maximum absolute atomic E-state index is 12.8. The maximum atomic E-state index is 12.8. The van der Waals surface area contributed by atoms with E-state index in [1.807, 2.05) is 0 Å². The Morgan fingerprint density at radius 1 is 1.26 bits per heavy atom. The van der Waals surface area contributed by atoms with Crippen LogP contribution in [0.3, 0.4) is 0 Å². The number of halogens is 1. The second-order valence-corrected chi connectivity index (χ2v) is 8.05. The van der Waals surface area contributed by atoms with Crippen molar-refractivity contribution in [2.45, 2.75) is 31.6 Å². The zero-order valence-corrected chi connectivity index (χ0v) is 14.5. The van der Waals surface area contributed by atoms with Crippen molar-refractivity contribution in [3.05, 3.63) is 32.3 Å². The highest BCUT2D eigenvalue weighted by Crippen LogP contribution is 2.46. The summed E-state index contributed by atoms with van der Waals surface area (Å²) in [5, 5.41) is 8.59. The summed E-state index contributed by atoms with van der Waals surface area (Å²) in [6, 6.07) is 0. The average molecular weight is 375 g/mol. The van der Waals surface area contributed by atoms with Gasteiger partial charge in [0.25, 0.3) is 5.56 Å². The molecule has 6 heteroatoms. The lowest BCUT2D eigenvalue weighted by Crippen LogP contribution is -2.50. The van der Waals surface area contributed by atoms with Crippen molar-refractivity contribution in [1.82, 2.24) is 20.1 Å². The van der Waals surface area contributed by atoms with Gasteiger partial charge >= 0.3 is 0 Å². The van der Waals surface area contributed by atoms with E-state index in [0.29, 0.717) is 11.8 Å². The highest BCUT2D eigenvalue weighted by molar-refractivity contribution is 9.10. The van der Waals surface area contributed by atoms with Crippen molar-refractivity contribution >= 4 is 26.8 Å². The van der Waals surface area contributed by atoms with Crippen LogP contribution >= 0.6 is 15.9 Å². The number of aromatic nitrogens is 3. The van der Waals surface area contributed by atoms with Gasteiger partial charge in [-0.3, -0.25) is 9.89 Å². The average Bonchev–Trinajstić information content (AvgIpc) is 2.98. The van der Waals surface area contributed by atoms with Crippen molar-refractivity contribution < 1.29 is 0 Å². The molecule has 120 valence electrons. The molecule has 0 aromatic carbocycles. The highest BCUT2D eigenvalue weighted by Gasteiger charge is 2.41. The van der Waals surface area contributed by atoms with Gasteiger partial charge in [-0.25, -0.2) is 4.98 Å². The highest BCUT2D eigenvalue weighted by atomic mass is 79.9. The molecule has 6 rings (SSSR count). The molecule has 2 aromatic heterocycles. The van der Waals surface area contributed by atoms with E-state index < -0.39 is 0 Å². The van der Waals surface area contributed by atoms with Gasteiger partial charge < -0.3 is 4.90 Å². The summed E-state index contributed by atoms with van der Waals surface area (Å²) < 4.78 is 0.823. The minimum absolute atomic E-state index is 0.0653. The predicted molar refractivity (Wildman–Crippen MR) is 91.6 cm³/mol. The Morgan fingerprint density at radius 3 is 2.83 bits per heavy atom. The molecule has 1 aliphatic carbocycles. The molecule has 23 heavy (non-hydrogen) atoms. The quantitative estimate of drug-likeness (QED) is 0.832. The number of hydrogen-bond acceptors (Lipinski definition) is 4. The van der Waals surface area contributed by atoms with Gasteiger partial charge in [0, 0.05) is 23.7 Å². The number of rotatable bonds is 1. The standard InChI is InChI=1S/C17H19BrN4O/c18-12-7-19-17(23)14-10(1-2-13-15(14)16(12)21-20-13)11-8-22-5-3-9(11)4-6-22/h7,9-11,21H,1-6,8H2/t10-,11?/m0/s1. The number of fused-ring (bicyclic) bond motifs is 3. The second kappa shape index (κ2) is 5.11. The lowest BCUT2D eigenvalue weighted by molar-refractivity contribution is 0.0345. The van der Waals surface area contributed by atoms with E-state index in [-0.39, 0.29) is 5.56 Å². The fourth-order valence-corrected chi connectivity index (χ4v) is 5.44. The Labute approximate surface area is 142 Å². The van der Waals surface area contributed by atoms with Crippen molar-refractivity contribution in [3.63, 3.8) is 0 Å². The third-order valence-electron chi connectivity index (χ3n) is 6.16. The molecular formula is C17H19BrN4O. The van der Waals surface area contributed by atoms with Gasteiger partial charge in [-0.1, -0.05) is 0 Å². The predicted octanol–water partition coefficient (Wildman–Crippen LogP) is 2.45. The number of nitrogens with one attached hydrogen (secondary N) is 1. The molecule has 5 heterocycles.